The normalized spacial score (nSPS) is 16.9. The predicted molar refractivity (Wildman–Crippen MR) is 106 cm³/mol. The van der Waals surface area contributed by atoms with Crippen LogP contribution in [-0.2, 0) is 9.59 Å². The molecular weight excluding hydrogens is 324 g/mol. The van der Waals surface area contributed by atoms with Crippen molar-refractivity contribution < 1.29 is 9.59 Å². The van der Waals surface area contributed by atoms with Crippen molar-refractivity contribution >= 4 is 23.2 Å². The van der Waals surface area contributed by atoms with Crippen LogP contribution < -0.4 is 10.2 Å². The maximum Gasteiger partial charge on any atom is 0.229 e. The van der Waals surface area contributed by atoms with Crippen molar-refractivity contribution in [1.29, 1.82) is 0 Å². The third kappa shape index (κ3) is 3.50. The lowest BCUT2D eigenvalue weighted by Crippen LogP contribution is -2.28. The van der Waals surface area contributed by atoms with Gasteiger partial charge in [-0.05, 0) is 69.0 Å². The van der Waals surface area contributed by atoms with Crippen molar-refractivity contribution in [3.05, 3.63) is 58.1 Å². The summed E-state index contributed by atoms with van der Waals surface area (Å²) in [6.07, 6.45) is 0.253. The minimum atomic E-state index is -0.329. The van der Waals surface area contributed by atoms with E-state index in [2.05, 4.69) is 17.4 Å². The van der Waals surface area contributed by atoms with Crippen LogP contribution in [0.15, 0.2) is 30.3 Å². The first kappa shape index (κ1) is 18.2. The molecule has 3 rings (SSSR count). The minimum absolute atomic E-state index is 0.00533. The lowest BCUT2D eigenvalue weighted by atomic mass is 10.0. The Hall–Kier alpha value is -2.62. The van der Waals surface area contributed by atoms with E-state index in [9.17, 15) is 9.59 Å². The lowest BCUT2D eigenvalue weighted by molar-refractivity contribution is -0.122. The zero-order valence-electron chi connectivity index (χ0n) is 16.1. The van der Waals surface area contributed by atoms with Gasteiger partial charge >= 0.3 is 0 Å². The molecule has 1 atom stereocenters. The van der Waals surface area contributed by atoms with Gasteiger partial charge in [-0.3, -0.25) is 9.59 Å². The fourth-order valence-corrected chi connectivity index (χ4v) is 3.63. The van der Waals surface area contributed by atoms with Gasteiger partial charge in [0.15, 0.2) is 0 Å². The quantitative estimate of drug-likeness (QED) is 0.901. The van der Waals surface area contributed by atoms with Gasteiger partial charge in [0.2, 0.25) is 11.8 Å². The van der Waals surface area contributed by atoms with Crippen LogP contribution in [0.3, 0.4) is 0 Å². The second kappa shape index (κ2) is 6.94. The molecule has 26 heavy (non-hydrogen) atoms. The van der Waals surface area contributed by atoms with Crippen LogP contribution in [0, 0.1) is 40.5 Å². The number of anilines is 2. The molecule has 1 N–H and O–H groups in total. The van der Waals surface area contributed by atoms with Gasteiger partial charge in [0.1, 0.15) is 0 Å². The Bertz CT molecular complexity index is 863. The summed E-state index contributed by atoms with van der Waals surface area (Å²) in [6.45, 7) is 10.5. The topological polar surface area (TPSA) is 49.4 Å². The molecule has 2 aromatic carbocycles. The zero-order chi connectivity index (χ0) is 19.0. The van der Waals surface area contributed by atoms with Crippen LogP contribution in [0.2, 0.25) is 0 Å². The van der Waals surface area contributed by atoms with Gasteiger partial charge in [-0.15, -0.1) is 0 Å². The van der Waals surface area contributed by atoms with Crippen LogP contribution >= 0.6 is 0 Å². The van der Waals surface area contributed by atoms with E-state index in [4.69, 9.17) is 0 Å². The monoisotopic (exact) mass is 350 g/mol. The zero-order valence-corrected chi connectivity index (χ0v) is 16.1. The second-order valence-electron chi connectivity index (χ2n) is 7.44. The highest BCUT2D eigenvalue weighted by molar-refractivity contribution is 6.04. The van der Waals surface area contributed by atoms with Crippen molar-refractivity contribution in [2.45, 2.75) is 41.0 Å². The van der Waals surface area contributed by atoms with Crippen LogP contribution in [0.5, 0.6) is 0 Å². The number of hydrogen-bond donors (Lipinski definition) is 1. The largest absolute Gasteiger partial charge is 0.325 e. The van der Waals surface area contributed by atoms with Crippen molar-refractivity contribution in [2.24, 2.45) is 5.92 Å². The Kier molecular flexibility index (Phi) is 4.86. The standard InChI is InChI=1S/C22H26N2O2/c1-13-8-16(4)21(17(5)9-13)23-22(26)18-11-20(25)24(12-18)19-7-6-14(2)15(3)10-19/h6-10,18H,11-12H2,1-5H3,(H,23,26). The number of aryl methyl sites for hydroxylation is 5. The summed E-state index contributed by atoms with van der Waals surface area (Å²) in [5.74, 6) is -0.408. The lowest BCUT2D eigenvalue weighted by Gasteiger charge is -2.19. The Morgan fingerprint density at radius 3 is 2.23 bits per heavy atom. The smallest absolute Gasteiger partial charge is 0.229 e. The van der Waals surface area contributed by atoms with Crippen LogP contribution in [0.25, 0.3) is 0 Å². The molecule has 0 spiro atoms. The fraction of sp³-hybridized carbons (Fsp3) is 0.364. The third-order valence-electron chi connectivity index (χ3n) is 5.22. The van der Waals surface area contributed by atoms with E-state index in [1.165, 1.54) is 11.1 Å². The van der Waals surface area contributed by atoms with E-state index < -0.39 is 0 Å². The van der Waals surface area contributed by atoms with Crippen molar-refractivity contribution in [3.63, 3.8) is 0 Å². The number of nitrogens with one attached hydrogen (secondary N) is 1. The fourth-order valence-electron chi connectivity index (χ4n) is 3.63. The average Bonchev–Trinajstić information content (AvgIpc) is 2.95. The molecular formula is C22H26N2O2. The van der Waals surface area contributed by atoms with Gasteiger partial charge in [0.05, 0.1) is 5.92 Å². The molecule has 4 heteroatoms. The van der Waals surface area contributed by atoms with Crippen molar-refractivity contribution in [3.8, 4) is 0 Å². The first-order valence-corrected chi connectivity index (χ1v) is 9.02. The van der Waals surface area contributed by atoms with E-state index in [-0.39, 0.29) is 24.2 Å². The van der Waals surface area contributed by atoms with Gasteiger partial charge in [-0.25, -0.2) is 0 Å². The molecule has 0 saturated carbocycles. The Balaban J connectivity index is 1.76. The summed E-state index contributed by atoms with van der Waals surface area (Å²) in [4.78, 5) is 26.9. The number of benzene rings is 2. The number of hydrogen-bond acceptors (Lipinski definition) is 2. The van der Waals surface area contributed by atoms with Gasteiger partial charge in [0, 0.05) is 24.3 Å². The summed E-state index contributed by atoms with van der Waals surface area (Å²) in [5.41, 5.74) is 7.34. The average molecular weight is 350 g/mol. The summed E-state index contributed by atoms with van der Waals surface area (Å²) in [5, 5.41) is 3.04. The summed E-state index contributed by atoms with van der Waals surface area (Å²) < 4.78 is 0. The Morgan fingerprint density at radius 1 is 0.962 bits per heavy atom. The molecule has 1 unspecified atom stereocenters. The Morgan fingerprint density at radius 2 is 1.62 bits per heavy atom. The number of carbonyl (C=O) groups excluding carboxylic acids is 2. The molecule has 0 aromatic heterocycles. The number of carbonyl (C=O) groups is 2. The molecule has 0 radical (unpaired) electrons. The molecule has 1 heterocycles. The second-order valence-corrected chi connectivity index (χ2v) is 7.44. The molecule has 2 aromatic rings. The Labute approximate surface area is 155 Å². The van der Waals surface area contributed by atoms with E-state index in [1.807, 2.05) is 52.8 Å². The number of rotatable bonds is 3. The molecule has 2 amide bonds. The maximum absolute atomic E-state index is 12.8. The molecule has 136 valence electrons. The van der Waals surface area contributed by atoms with Gasteiger partial charge in [-0.2, -0.15) is 0 Å². The number of nitrogens with zero attached hydrogens (tertiary/aromatic N) is 1. The first-order chi connectivity index (χ1) is 12.3. The van der Waals surface area contributed by atoms with E-state index >= 15 is 0 Å². The molecule has 1 aliphatic heterocycles. The molecule has 0 bridgehead atoms. The van der Waals surface area contributed by atoms with Crippen LogP contribution in [0.1, 0.15) is 34.2 Å². The van der Waals surface area contributed by atoms with Gasteiger partial charge < -0.3 is 10.2 Å². The van der Waals surface area contributed by atoms with Crippen molar-refractivity contribution in [1.82, 2.24) is 0 Å². The highest BCUT2D eigenvalue weighted by Gasteiger charge is 2.35. The van der Waals surface area contributed by atoms with Gasteiger partial charge in [0.25, 0.3) is 0 Å². The SMILES string of the molecule is Cc1cc(C)c(NC(=O)C2CC(=O)N(c3ccc(C)c(C)c3)C2)c(C)c1. The van der Waals surface area contributed by atoms with E-state index in [0.29, 0.717) is 6.54 Å². The molecule has 4 nitrogen and oxygen atoms in total. The first-order valence-electron chi connectivity index (χ1n) is 9.02. The summed E-state index contributed by atoms with van der Waals surface area (Å²) in [6, 6.07) is 10.1. The van der Waals surface area contributed by atoms with Gasteiger partial charge in [-0.1, -0.05) is 23.8 Å². The van der Waals surface area contributed by atoms with Crippen molar-refractivity contribution in [2.75, 3.05) is 16.8 Å². The van der Waals surface area contributed by atoms with Crippen LogP contribution in [0.4, 0.5) is 11.4 Å². The van der Waals surface area contributed by atoms with E-state index in [1.54, 1.807) is 4.90 Å². The summed E-state index contributed by atoms with van der Waals surface area (Å²) >= 11 is 0. The summed E-state index contributed by atoms with van der Waals surface area (Å²) in [7, 11) is 0. The third-order valence-corrected chi connectivity index (χ3v) is 5.22. The molecule has 1 fully saturated rings. The van der Waals surface area contributed by atoms with Crippen LogP contribution in [-0.4, -0.2) is 18.4 Å². The molecule has 1 aliphatic rings. The van der Waals surface area contributed by atoms with E-state index in [0.717, 1.165) is 28.1 Å². The predicted octanol–water partition coefficient (Wildman–Crippen LogP) is 4.22. The maximum atomic E-state index is 12.8. The minimum Gasteiger partial charge on any atom is -0.325 e. The highest BCUT2D eigenvalue weighted by Crippen LogP contribution is 2.29. The number of amides is 2. The molecule has 1 saturated heterocycles. The highest BCUT2D eigenvalue weighted by atomic mass is 16.2. The molecule has 0 aliphatic carbocycles.